The van der Waals surface area contributed by atoms with E-state index in [-0.39, 0.29) is 32.0 Å². The van der Waals surface area contributed by atoms with Crippen molar-refractivity contribution >= 4 is 19.8 Å². The molecule has 0 N–H and O–H groups in total. The number of hydrogen-bond acceptors (Lipinski definition) is 8. The fraction of sp³-hybridized carbons (Fsp3) is 0.923. The molecule has 0 spiro atoms. The van der Waals surface area contributed by atoms with Gasteiger partial charge in [-0.25, -0.2) is 0 Å². The molecule has 0 bridgehead atoms. The van der Waals surface area contributed by atoms with Crippen LogP contribution in [-0.4, -0.2) is 70.0 Å². The van der Waals surface area contributed by atoms with Gasteiger partial charge in [-0.2, -0.15) is 0 Å². The van der Waals surface area contributed by atoms with Gasteiger partial charge in [0, 0.05) is 12.8 Å². The van der Waals surface area contributed by atoms with Gasteiger partial charge in [0.15, 0.2) is 6.10 Å². The van der Waals surface area contributed by atoms with E-state index in [0.717, 1.165) is 32.1 Å². The number of quaternary nitrogens is 1. The largest absolute Gasteiger partial charge is 0.756 e. The van der Waals surface area contributed by atoms with Crippen LogP contribution in [0.5, 0.6) is 0 Å². The number of nitrogens with zero attached hydrogens (tertiary/aromatic N) is 1. The van der Waals surface area contributed by atoms with Crippen LogP contribution in [0.4, 0.5) is 0 Å². The van der Waals surface area contributed by atoms with Crippen LogP contribution >= 0.6 is 7.82 Å². The third-order valence-electron chi connectivity index (χ3n) is 11.8. The molecule has 0 fully saturated rings. The summed E-state index contributed by atoms with van der Waals surface area (Å²) in [5.74, 6) is -0.821. The maximum absolute atomic E-state index is 12.7. The standard InChI is InChI=1S/C52H102NO8P/c1-6-8-10-12-14-16-18-20-22-23-24-25-26-27-28-29-31-33-35-37-39-41-43-45-52(55)61-50(49-60-62(56,57)59-47-46-53(3,4)5)48-58-51(54)44-42-40-38-36-34-32-30-21-19-17-15-13-11-9-7-2/h13,15,50H,6-12,14,16-49H2,1-5H3/b15-13+/t50-/m1/s1. The van der Waals surface area contributed by atoms with Crippen molar-refractivity contribution in [1.82, 2.24) is 0 Å². The summed E-state index contributed by atoms with van der Waals surface area (Å²) in [4.78, 5) is 37.7. The lowest BCUT2D eigenvalue weighted by Crippen LogP contribution is -2.37. The van der Waals surface area contributed by atoms with Gasteiger partial charge in [-0.15, -0.1) is 0 Å². The first-order chi connectivity index (χ1) is 30.0. The summed E-state index contributed by atoms with van der Waals surface area (Å²) in [6.45, 7) is 4.25. The second-order valence-electron chi connectivity index (χ2n) is 19.2. The van der Waals surface area contributed by atoms with Crippen LogP contribution in [0.1, 0.15) is 258 Å². The van der Waals surface area contributed by atoms with Gasteiger partial charge in [0.05, 0.1) is 27.7 Å². The van der Waals surface area contributed by atoms with E-state index < -0.39 is 26.5 Å². The smallest absolute Gasteiger partial charge is 0.306 e. The fourth-order valence-corrected chi connectivity index (χ4v) is 8.37. The Morgan fingerprint density at radius 1 is 0.484 bits per heavy atom. The minimum absolute atomic E-state index is 0.0275. The number of phosphoric acid groups is 1. The predicted molar refractivity (Wildman–Crippen MR) is 259 cm³/mol. The van der Waals surface area contributed by atoms with Crippen molar-refractivity contribution in [3.8, 4) is 0 Å². The lowest BCUT2D eigenvalue weighted by Gasteiger charge is -2.28. The number of esters is 2. The lowest BCUT2D eigenvalue weighted by atomic mass is 10.0. The van der Waals surface area contributed by atoms with Gasteiger partial charge in [-0.3, -0.25) is 14.2 Å². The van der Waals surface area contributed by atoms with Crippen LogP contribution in [0.15, 0.2) is 12.2 Å². The van der Waals surface area contributed by atoms with Crippen molar-refractivity contribution in [3.63, 3.8) is 0 Å². The van der Waals surface area contributed by atoms with E-state index >= 15 is 0 Å². The van der Waals surface area contributed by atoms with E-state index in [1.165, 1.54) is 193 Å². The average Bonchev–Trinajstić information content (AvgIpc) is 3.23. The number of ether oxygens (including phenoxy) is 2. The first kappa shape index (κ1) is 60.8. The molecule has 0 aromatic heterocycles. The molecule has 1 unspecified atom stereocenters. The molecule has 0 aromatic rings. The molecular weight excluding hydrogens is 798 g/mol. The third-order valence-corrected chi connectivity index (χ3v) is 12.7. The highest BCUT2D eigenvalue weighted by molar-refractivity contribution is 7.45. The second kappa shape index (κ2) is 44.9. The number of carbonyl (C=O) groups is 2. The molecule has 0 aromatic carbocycles. The number of likely N-dealkylation sites (N-methyl/N-ethyl adjacent to an activating group) is 1. The van der Waals surface area contributed by atoms with Crippen molar-refractivity contribution in [2.24, 2.45) is 0 Å². The summed E-state index contributed by atoms with van der Waals surface area (Å²) in [6.07, 6.45) is 49.6. The molecule has 2 atom stereocenters. The van der Waals surface area contributed by atoms with E-state index in [9.17, 15) is 19.0 Å². The van der Waals surface area contributed by atoms with Gasteiger partial charge in [-0.1, -0.05) is 225 Å². The topological polar surface area (TPSA) is 111 Å². The zero-order chi connectivity index (χ0) is 45.7. The van der Waals surface area contributed by atoms with Gasteiger partial charge in [0.1, 0.15) is 19.8 Å². The van der Waals surface area contributed by atoms with Crippen LogP contribution < -0.4 is 4.89 Å². The Morgan fingerprint density at radius 2 is 0.839 bits per heavy atom. The van der Waals surface area contributed by atoms with Crippen LogP contribution in [0.3, 0.4) is 0 Å². The molecule has 0 heterocycles. The SMILES string of the molecule is CCCC/C=C/CCCCCCCCCCCC(=O)OC[C@H](COP(=O)([O-])OCC[N+](C)(C)C)OC(=O)CCCCCCCCCCCCCCCCCCCCCCCCC. The summed E-state index contributed by atoms with van der Waals surface area (Å²) in [7, 11) is 1.18. The first-order valence-electron chi connectivity index (χ1n) is 26.4. The Morgan fingerprint density at radius 3 is 1.24 bits per heavy atom. The lowest BCUT2D eigenvalue weighted by molar-refractivity contribution is -0.870. The molecule has 0 amide bonds. The van der Waals surface area contributed by atoms with Gasteiger partial charge < -0.3 is 27.9 Å². The number of hydrogen-bond donors (Lipinski definition) is 0. The van der Waals surface area contributed by atoms with Crippen molar-refractivity contribution in [1.29, 1.82) is 0 Å². The Balaban J connectivity index is 4.16. The monoisotopic (exact) mass is 900 g/mol. The maximum Gasteiger partial charge on any atom is 0.306 e. The Hall–Kier alpha value is -1.25. The van der Waals surface area contributed by atoms with Gasteiger partial charge in [-0.05, 0) is 32.1 Å². The van der Waals surface area contributed by atoms with Gasteiger partial charge in [0.25, 0.3) is 7.82 Å². The Bertz CT molecular complexity index is 1060. The molecule has 9 nitrogen and oxygen atoms in total. The normalized spacial score (nSPS) is 13.5. The minimum Gasteiger partial charge on any atom is -0.756 e. The van der Waals surface area contributed by atoms with Gasteiger partial charge in [0.2, 0.25) is 0 Å². The fourth-order valence-electron chi connectivity index (χ4n) is 7.64. The summed E-state index contributed by atoms with van der Waals surface area (Å²) in [6, 6.07) is 0. The highest BCUT2D eigenvalue weighted by atomic mass is 31.2. The molecule has 0 rings (SSSR count). The zero-order valence-electron chi connectivity index (χ0n) is 41.6. The first-order valence-corrected chi connectivity index (χ1v) is 27.9. The number of allylic oxidation sites excluding steroid dienone is 2. The van der Waals surface area contributed by atoms with Gasteiger partial charge >= 0.3 is 11.9 Å². The van der Waals surface area contributed by atoms with Crippen molar-refractivity contribution in [2.45, 2.75) is 264 Å². The average molecular weight is 900 g/mol. The van der Waals surface area contributed by atoms with E-state index in [2.05, 4.69) is 26.0 Å². The molecule has 0 aliphatic carbocycles. The number of rotatable bonds is 49. The molecule has 0 saturated carbocycles. The minimum atomic E-state index is -4.62. The molecule has 0 aliphatic rings. The summed E-state index contributed by atoms with van der Waals surface area (Å²) >= 11 is 0. The van der Waals surface area contributed by atoms with Crippen molar-refractivity contribution in [2.75, 3.05) is 47.5 Å². The van der Waals surface area contributed by atoms with Crippen LogP contribution in [0.2, 0.25) is 0 Å². The van der Waals surface area contributed by atoms with E-state index in [4.69, 9.17) is 18.5 Å². The third kappa shape index (κ3) is 48.2. The molecule has 0 aliphatic heterocycles. The molecule has 368 valence electrons. The van der Waals surface area contributed by atoms with E-state index in [1.54, 1.807) is 0 Å². The molecule has 0 radical (unpaired) electrons. The summed E-state index contributed by atoms with van der Waals surface area (Å²) in [5, 5.41) is 0. The van der Waals surface area contributed by atoms with Crippen molar-refractivity contribution in [3.05, 3.63) is 12.2 Å². The maximum atomic E-state index is 12.7. The number of unbranched alkanes of at least 4 members (excludes halogenated alkanes) is 33. The Labute approximate surface area is 384 Å². The molecule has 62 heavy (non-hydrogen) atoms. The molecule has 0 saturated heterocycles. The molecular formula is C52H102NO8P. The predicted octanol–water partition coefficient (Wildman–Crippen LogP) is 15.1. The number of carbonyl (C=O) groups excluding carboxylic acids is 2. The van der Waals surface area contributed by atoms with Crippen LogP contribution in [0, 0.1) is 0 Å². The summed E-state index contributed by atoms with van der Waals surface area (Å²) < 4.78 is 34.1. The van der Waals surface area contributed by atoms with E-state index in [1.807, 2.05) is 21.1 Å². The number of phosphoric ester groups is 1. The second-order valence-corrected chi connectivity index (χ2v) is 20.7. The Kier molecular flexibility index (Phi) is 44.0. The summed E-state index contributed by atoms with van der Waals surface area (Å²) in [5.41, 5.74) is 0. The molecule has 10 heteroatoms. The van der Waals surface area contributed by atoms with Crippen LogP contribution in [0.25, 0.3) is 0 Å². The quantitative estimate of drug-likeness (QED) is 0.0195. The van der Waals surface area contributed by atoms with Crippen LogP contribution in [-0.2, 0) is 32.7 Å². The highest BCUT2D eigenvalue weighted by Gasteiger charge is 2.21. The van der Waals surface area contributed by atoms with Crippen molar-refractivity contribution < 1.29 is 42.1 Å². The van der Waals surface area contributed by atoms with E-state index in [0.29, 0.717) is 17.4 Å². The highest BCUT2D eigenvalue weighted by Crippen LogP contribution is 2.38. The zero-order valence-corrected chi connectivity index (χ0v) is 42.5.